The van der Waals surface area contributed by atoms with Gasteiger partial charge in [-0.2, -0.15) is 0 Å². The molecule has 1 saturated heterocycles. The minimum atomic E-state index is -4.66. The summed E-state index contributed by atoms with van der Waals surface area (Å²) in [7, 11) is -1.59. The first kappa shape index (κ1) is 34.5. The largest absolute Gasteiger partial charge is 0.456 e. The van der Waals surface area contributed by atoms with E-state index in [2.05, 4.69) is 4.98 Å². The van der Waals surface area contributed by atoms with E-state index in [1.165, 1.54) is 37.2 Å². The molecule has 0 radical (unpaired) electrons. The number of sulfonamides is 1. The molecule has 3 N–H and O–H groups in total. The highest BCUT2D eigenvalue weighted by atomic mass is 35.5. The van der Waals surface area contributed by atoms with Crippen LogP contribution in [0.1, 0.15) is 47.2 Å². The highest BCUT2D eigenvalue weighted by Gasteiger charge is 2.52. The van der Waals surface area contributed by atoms with Gasteiger partial charge in [0.05, 0.1) is 10.5 Å². The molecule has 258 valence electrons. The number of ether oxygens (including phenoxy) is 1. The maximum atomic E-state index is 14.6. The number of benzene rings is 3. The van der Waals surface area contributed by atoms with Gasteiger partial charge < -0.3 is 20.4 Å². The van der Waals surface area contributed by atoms with E-state index < -0.39 is 33.9 Å². The summed E-state index contributed by atoms with van der Waals surface area (Å²) in [6, 6.07) is 13.9. The van der Waals surface area contributed by atoms with Gasteiger partial charge >= 0.3 is 6.03 Å². The Kier molecular flexibility index (Phi) is 9.74. The third-order valence-corrected chi connectivity index (χ3v) is 11.5. The number of hydrogen-bond donors (Lipinski definition) is 2. The molecule has 1 aromatic heterocycles. The molecule has 1 aliphatic carbocycles. The van der Waals surface area contributed by atoms with Gasteiger partial charge in [-0.25, -0.2) is 17.5 Å². The first-order chi connectivity index (χ1) is 23.4. The number of carbonyl (C=O) groups excluding carboxylic acids is 3. The van der Waals surface area contributed by atoms with Gasteiger partial charge in [-0.05, 0) is 92.1 Å². The highest BCUT2D eigenvalue weighted by molar-refractivity contribution is 7.89. The first-order valence-electron chi connectivity index (χ1n) is 16.3. The van der Waals surface area contributed by atoms with Crippen molar-refractivity contribution in [1.82, 2.24) is 19.1 Å². The van der Waals surface area contributed by atoms with E-state index in [4.69, 9.17) is 22.1 Å². The van der Waals surface area contributed by atoms with Crippen molar-refractivity contribution in [3.8, 4) is 11.5 Å². The minimum Gasteiger partial charge on any atom is -0.456 e. The lowest BCUT2D eigenvalue weighted by Crippen LogP contribution is -2.42. The van der Waals surface area contributed by atoms with Crippen molar-refractivity contribution in [3.05, 3.63) is 88.6 Å². The number of fused-ring (bicyclic) bond motifs is 1. The van der Waals surface area contributed by atoms with Crippen molar-refractivity contribution in [2.75, 3.05) is 27.2 Å². The third-order valence-electron chi connectivity index (χ3n) is 9.51. The van der Waals surface area contributed by atoms with Crippen LogP contribution in [0, 0.1) is 18.8 Å². The Balaban J connectivity index is 1.40. The Hall–Kier alpha value is -4.39. The fourth-order valence-corrected chi connectivity index (χ4v) is 8.67. The number of hydrogen-bond acceptors (Lipinski definition) is 7. The lowest BCUT2D eigenvalue weighted by Gasteiger charge is -2.30. The van der Waals surface area contributed by atoms with Gasteiger partial charge in [0.25, 0.3) is 21.8 Å². The second kappa shape index (κ2) is 13.9. The average Bonchev–Trinajstić information content (AvgIpc) is 3.59. The Bertz CT molecular complexity index is 2030. The number of aromatic nitrogens is 1. The van der Waals surface area contributed by atoms with Gasteiger partial charge in [0.2, 0.25) is 0 Å². The molecule has 2 aliphatic rings. The molecule has 3 atom stereocenters. The summed E-state index contributed by atoms with van der Waals surface area (Å²) in [5, 5.41) is 1.26. The second-order valence-corrected chi connectivity index (χ2v) is 15.4. The highest BCUT2D eigenvalue weighted by Crippen LogP contribution is 2.36. The van der Waals surface area contributed by atoms with E-state index in [-0.39, 0.29) is 41.0 Å². The number of urea groups is 1. The van der Waals surface area contributed by atoms with Gasteiger partial charge in [-0.15, -0.1) is 0 Å². The number of aromatic amines is 1. The molecule has 3 unspecified atom stereocenters. The van der Waals surface area contributed by atoms with Crippen molar-refractivity contribution < 1.29 is 27.5 Å². The fraction of sp³-hybridized carbons (Fsp3) is 0.361. The molecular formula is C36H40ClN5O6S. The standard InChI is InChI=1S/C36H40ClN5O6S/c1-22-7-4-12-29-25(20-39-33(22)29)16-31-35(44)41(21-24-9-5-8-23(15-24)19-38)36(45)42(31)49(46,47)28-13-14-32(30(18-28)34(43)40(2)3)48-27-11-6-10-26(37)17-27/h4,6-7,10-14,17-18,20,23-24,31,39H,5,8-9,15-16,19,21,38H2,1-3H3. The number of para-hydroxylation sites is 1. The molecule has 2 fully saturated rings. The summed E-state index contributed by atoms with van der Waals surface area (Å²) in [4.78, 5) is 47.0. The van der Waals surface area contributed by atoms with E-state index in [1.807, 2.05) is 25.1 Å². The Morgan fingerprint density at radius 3 is 2.55 bits per heavy atom. The zero-order valence-corrected chi connectivity index (χ0v) is 29.3. The van der Waals surface area contributed by atoms with Gasteiger partial charge in [0.1, 0.15) is 17.5 Å². The Morgan fingerprint density at radius 2 is 1.82 bits per heavy atom. The molecule has 4 aromatic rings. The number of imide groups is 1. The second-order valence-electron chi connectivity index (χ2n) is 13.1. The zero-order chi connectivity index (χ0) is 35.0. The summed E-state index contributed by atoms with van der Waals surface area (Å²) in [6.07, 6.45) is 5.22. The maximum absolute atomic E-state index is 14.6. The smallest absolute Gasteiger partial charge is 0.341 e. The predicted octanol–water partition coefficient (Wildman–Crippen LogP) is 5.95. The summed E-state index contributed by atoms with van der Waals surface area (Å²) in [5.41, 5.74) is 8.49. The van der Waals surface area contributed by atoms with Crippen molar-refractivity contribution in [2.45, 2.75) is 50.0 Å². The first-order valence-corrected chi connectivity index (χ1v) is 18.1. The summed E-state index contributed by atoms with van der Waals surface area (Å²) < 4.78 is 35.8. The molecule has 11 nitrogen and oxygen atoms in total. The van der Waals surface area contributed by atoms with Gasteiger partial charge in [-0.1, -0.05) is 42.3 Å². The van der Waals surface area contributed by atoms with Crippen LogP contribution < -0.4 is 10.5 Å². The molecule has 49 heavy (non-hydrogen) atoms. The third kappa shape index (κ3) is 6.77. The van der Waals surface area contributed by atoms with Crippen LogP contribution in [0.25, 0.3) is 10.9 Å². The van der Waals surface area contributed by atoms with Crippen LogP contribution in [0.4, 0.5) is 4.79 Å². The van der Waals surface area contributed by atoms with E-state index in [0.29, 0.717) is 27.2 Å². The zero-order valence-electron chi connectivity index (χ0n) is 27.7. The van der Waals surface area contributed by atoms with E-state index in [9.17, 15) is 22.8 Å². The number of halogens is 1. The number of H-pyrrole nitrogens is 1. The van der Waals surface area contributed by atoms with Gasteiger partial charge in [0.15, 0.2) is 0 Å². The minimum absolute atomic E-state index is 0.0153. The molecule has 0 spiro atoms. The van der Waals surface area contributed by atoms with Crippen LogP contribution in [-0.2, 0) is 21.2 Å². The molecule has 13 heteroatoms. The van der Waals surface area contributed by atoms with E-state index in [0.717, 1.165) is 47.0 Å². The fourth-order valence-electron chi connectivity index (χ4n) is 6.95. The van der Waals surface area contributed by atoms with Crippen molar-refractivity contribution >= 4 is 50.4 Å². The van der Waals surface area contributed by atoms with Crippen LogP contribution in [0.5, 0.6) is 11.5 Å². The molecule has 6 rings (SSSR count). The Labute approximate surface area is 291 Å². The van der Waals surface area contributed by atoms with Crippen LogP contribution in [0.2, 0.25) is 5.02 Å². The SMILES string of the molecule is Cc1cccc2c(CC3C(=O)N(CC4CCCC(CN)C4)C(=O)N3S(=O)(=O)c3ccc(Oc4cccc(Cl)c4)c(C(=O)N(C)C)c3)c[nH]c12. The molecule has 3 aromatic carbocycles. The van der Waals surface area contributed by atoms with Crippen molar-refractivity contribution in [3.63, 3.8) is 0 Å². The summed E-state index contributed by atoms with van der Waals surface area (Å²) >= 11 is 6.13. The number of aryl methyl sites for hydroxylation is 1. The van der Waals surface area contributed by atoms with E-state index in [1.54, 1.807) is 30.5 Å². The normalized spacial score (nSPS) is 19.9. The molecular weight excluding hydrogens is 666 g/mol. The van der Waals surface area contributed by atoms with Gasteiger partial charge in [-0.3, -0.25) is 14.5 Å². The number of nitrogens with two attached hydrogens (primary N) is 1. The lowest BCUT2D eigenvalue weighted by atomic mass is 9.81. The van der Waals surface area contributed by atoms with Crippen LogP contribution in [-0.4, -0.2) is 78.6 Å². The average molecular weight is 706 g/mol. The van der Waals surface area contributed by atoms with Crippen molar-refractivity contribution in [2.24, 2.45) is 17.6 Å². The van der Waals surface area contributed by atoms with Gasteiger partial charge in [0, 0.05) is 49.2 Å². The number of nitrogens with zero attached hydrogens (tertiary/aromatic N) is 3. The predicted molar refractivity (Wildman–Crippen MR) is 187 cm³/mol. The van der Waals surface area contributed by atoms with Crippen LogP contribution in [0.15, 0.2) is 71.8 Å². The molecule has 4 amide bonds. The molecule has 0 bridgehead atoms. The topological polar surface area (TPSA) is 146 Å². The lowest BCUT2D eigenvalue weighted by molar-refractivity contribution is -0.128. The number of rotatable bonds is 10. The molecule has 2 heterocycles. The number of carbonyl (C=O) groups is 3. The van der Waals surface area contributed by atoms with E-state index >= 15 is 0 Å². The molecule has 1 saturated carbocycles. The van der Waals surface area contributed by atoms with Crippen LogP contribution >= 0.6 is 11.6 Å². The van der Waals surface area contributed by atoms with Crippen molar-refractivity contribution in [1.29, 1.82) is 0 Å². The molecule has 1 aliphatic heterocycles. The maximum Gasteiger partial charge on any atom is 0.341 e. The monoisotopic (exact) mass is 705 g/mol. The Morgan fingerprint density at radius 1 is 1.06 bits per heavy atom. The number of amides is 4. The summed E-state index contributed by atoms with van der Waals surface area (Å²) in [6.45, 7) is 2.59. The van der Waals surface area contributed by atoms with Crippen LogP contribution in [0.3, 0.4) is 0 Å². The summed E-state index contributed by atoms with van der Waals surface area (Å²) in [5.74, 6) is -0.338. The quantitative estimate of drug-likeness (QED) is 0.194. The number of nitrogens with one attached hydrogen (secondary N) is 1.